The van der Waals surface area contributed by atoms with E-state index in [4.69, 9.17) is 5.26 Å². The largest absolute Gasteiger partial charge is 0.354 e. The van der Waals surface area contributed by atoms with Crippen LogP contribution in [0, 0.1) is 16.7 Å². The van der Waals surface area contributed by atoms with Crippen LogP contribution in [0.25, 0.3) is 0 Å². The summed E-state index contributed by atoms with van der Waals surface area (Å²) in [6, 6.07) is 2.06. The highest BCUT2D eigenvalue weighted by molar-refractivity contribution is 7.89. The fraction of sp³-hybridized carbons (Fsp3) is 0.800. The van der Waals surface area contributed by atoms with Crippen molar-refractivity contribution in [2.24, 2.45) is 5.41 Å². The standard InChI is InChI=1S/C10H17N3O3S/c1-12-17(15,16)7-6-13-9(14)10(8-11)4-2-3-5-10/h12H,2-7H2,1H3,(H,13,14). The molecule has 0 saturated heterocycles. The second-order valence-electron chi connectivity index (χ2n) is 4.18. The number of carbonyl (C=O) groups is 1. The molecule has 6 nitrogen and oxygen atoms in total. The van der Waals surface area contributed by atoms with Gasteiger partial charge in [0.05, 0.1) is 11.8 Å². The first-order valence-corrected chi connectivity index (χ1v) is 7.22. The van der Waals surface area contributed by atoms with Crippen molar-refractivity contribution in [3.63, 3.8) is 0 Å². The molecule has 1 saturated carbocycles. The zero-order valence-corrected chi connectivity index (χ0v) is 10.6. The minimum Gasteiger partial charge on any atom is -0.354 e. The van der Waals surface area contributed by atoms with Crippen LogP contribution in [0.4, 0.5) is 0 Å². The minimum atomic E-state index is -3.31. The van der Waals surface area contributed by atoms with E-state index in [1.807, 2.05) is 0 Å². The van der Waals surface area contributed by atoms with Gasteiger partial charge in [0.25, 0.3) is 0 Å². The van der Waals surface area contributed by atoms with Crippen LogP contribution in [-0.4, -0.2) is 33.7 Å². The van der Waals surface area contributed by atoms with E-state index in [0.29, 0.717) is 12.8 Å². The molecule has 0 atom stereocenters. The monoisotopic (exact) mass is 259 g/mol. The minimum absolute atomic E-state index is 0.0332. The van der Waals surface area contributed by atoms with Crippen LogP contribution in [-0.2, 0) is 14.8 Å². The molecular weight excluding hydrogens is 242 g/mol. The van der Waals surface area contributed by atoms with Gasteiger partial charge < -0.3 is 5.32 Å². The van der Waals surface area contributed by atoms with E-state index in [1.54, 1.807) is 0 Å². The molecule has 0 aromatic heterocycles. The van der Waals surface area contributed by atoms with Crippen LogP contribution in [0.3, 0.4) is 0 Å². The number of sulfonamides is 1. The lowest BCUT2D eigenvalue weighted by Crippen LogP contribution is -2.41. The molecule has 0 unspecified atom stereocenters. The highest BCUT2D eigenvalue weighted by Crippen LogP contribution is 2.37. The average molecular weight is 259 g/mol. The van der Waals surface area contributed by atoms with E-state index >= 15 is 0 Å². The molecule has 2 N–H and O–H groups in total. The number of carbonyl (C=O) groups excluding carboxylic acids is 1. The first kappa shape index (κ1) is 13.9. The summed E-state index contributed by atoms with van der Waals surface area (Å²) < 4.78 is 24.4. The van der Waals surface area contributed by atoms with Gasteiger partial charge in [0.1, 0.15) is 5.41 Å². The summed E-state index contributed by atoms with van der Waals surface area (Å²) in [5.74, 6) is -0.514. The number of rotatable bonds is 5. The number of hydrogen-bond donors (Lipinski definition) is 2. The summed E-state index contributed by atoms with van der Waals surface area (Å²) in [5, 5.41) is 11.6. The SMILES string of the molecule is CNS(=O)(=O)CCNC(=O)C1(C#N)CCCC1. The fourth-order valence-corrected chi connectivity index (χ4v) is 2.51. The van der Waals surface area contributed by atoms with E-state index in [2.05, 4.69) is 16.1 Å². The topological polar surface area (TPSA) is 99.1 Å². The molecule has 7 heteroatoms. The lowest BCUT2D eigenvalue weighted by atomic mass is 9.87. The predicted octanol–water partition coefficient (Wildman–Crippen LogP) is -0.264. The zero-order chi connectivity index (χ0) is 12.9. The molecule has 1 aliphatic carbocycles. The highest BCUT2D eigenvalue weighted by atomic mass is 32.2. The second-order valence-corrected chi connectivity index (χ2v) is 6.23. The first-order valence-electron chi connectivity index (χ1n) is 5.56. The fourth-order valence-electron chi connectivity index (χ4n) is 1.94. The predicted molar refractivity (Wildman–Crippen MR) is 62.4 cm³/mol. The Labute approximate surface area is 101 Å². The Hall–Kier alpha value is -1.13. The summed E-state index contributed by atoms with van der Waals surface area (Å²) in [5.41, 5.74) is -0.941. The van der Waals surface area contributed by atoms with Crippen molar-refractivity contribution >= 4 is 15.9 Å². The molecule has 0 bridgehead atoms. The lowest BCUT2D eigenvalue weighted by Gasteiger charge is -2.18. The Morgan fingerprint density at radius 2 is 2.00 bits per heavy atom. The van der Waals surface area contributed by atoms with E-state index < -0.39 is 15.4 Å². The molecule has 0 aliphatic heterocycles. The molecule has 1 amide bonds. The molecule has 1 rings (SSSR count). The van der Waals surface area contributed by atoms with Crippen molar-refractivity contribution in [1.82, 2.24) is 10.0 Å². The summed E-state index contributed by atoms with van der Waals surface area (Å²) in [6.07, 6.45) is 2.87. The van der Waals surface area contributed by atoms with Gasteiger partial charge in [0.15, 0.2) is 0 Å². The van der Waals surface area contributed by atoms with Gasteiger partial charge in [-0.15, -0.1) is 0 Å². The average Bonchev–Trinajstić information content (AvgIpc) is 2.78. The Kier molecular flexibility index (Phi) is 4.48. The molecule has 0 heterocycles. The van der Waals surface area contributed by atoms with Crippen molar-refractivity contribution in [3.05, 3.63) is 0 Å². The van der Waals surface area contributed by atoms with Crippen molar-refractivity contribution in [3.8, 4) is 6.07 Å². The van der Waals surface area contributed by atoms with Gasteiger partial charge >= 0.3 is 0 Å². The molecule has 0 aromatic rings. The van der Waals surface area contributed by atoms with Gasteiger partial charge in [-0.2, -0.15) is 5.26 Å². The number of amides is 1. The van der Waals surface area contributed by atoms with E-state index in [9.17, 15) is 13.2 Å². The third-order valence-electron chi connectivity index (χ3n) is 3.07. The zero-order valence-electron chi connectivity index (χ0n) is 9.82. The maximum atomic E-state index is 11.8. The van der Waals surface area contributed by atoms with Gasteiger partial charge in [-0.25, -0.2) is 13.1 Å². The van der Waals surface area contributed by atoms with E-state index in [-0.39, 0.29) is 18.2 Å². The number of nitriles is 1. The smallest absolute Gasteiger partial charge is 0.240 e. The molecule has 1 aliphatic rings. The molecule has 1 fully saturated rings. The molecule has 0 radical (unpaired) electrons. The van der Waals surface area contributed by atoms with Crippen molar-refractivity contribution in [2.75, 3.05) is 19.3 Å². The second kappa shape index (κ2) is 5.47. The molecule has 96 valence electrons. The lowest BCUT2D eigenvalue weighted by molar-refractivity contribution is -0.127. The van der Waals surface area contributed by atoms with Gasteiger partial charge in [0.2, 0.25) is 15.9 Å². The van der Waals surface area contributed by atoms with E-state index in [1.165, 1.54) is 7.05 Å². The van der Waals surface area contributed by atoms with Crippen molar-refractivity contribution in [1.29, 1.82) is 5.26 Å². The van der Waals surface area contributed by atoms with Crippen LogP contribution in [0.2, 0.25) is 0 Å². The Bertz CT molecular complexity index is 419. The summed E-state index contributed by atoms with van der Waals surface area (Å²) >= 11 is 0. The first-order chi connectivity index (χ1) is 7.96. The van der Waals surface area contributed by atoms with Crippen LogP contribution in [0.1, 0.15) is 25.7 Å². The van der Waals surface area contributed by atoms with Gasteiger partial charge in [0, 0.05) is 6.54 Å². The normalized spacial score (nSPS) is 18.6. The van der Waals surface area contributed by atoms with E-state index in [0.717, 1.165) is 12.8 Å². The Morgan fingerprint density at radius 1 is 1.41 bits per heavy atom. The maximum absolute atomic E-state index is 11.8. The highest BCUT2D eigenvalue weighted by Gasteiger charge is 2.41. The molecule has 0 aromatic carbocycles. The summed E-state index contributed by atoms with van der Waals surface area (Å²) in [6.45, 7) is 0.0332. The quantitative estimate of drug-likeness (QED) is 0.710. The number of nitrogens with zero attached hydrogens (tertiary/aromatic N) is 1. The summed E-state index contributed by atoms with van der Waals surface area (Å²) in [7, 11) is -1.99. The van der Waals surface area contributed by atoms with Crippen LogP contribution < -0.4 is 10.0 Å². The molecule has 0 spiro atoms. The summed E-state index contributed by atoms with van der Waals surface area (Å²) in [4.78, 5) is 11.8. The van der Waals surface area contributed by atoms with Crippen molar-refractivity contribution < 1.29 is 13.2 Å². The van der Waals surface area contributed by atoms with Gasteiger partial charge in [-0.05, 0) is 19.9 Å². The number of hydrogen-bond acceptors (Lipinski definition) is 4. The van der Waals surface area contributed by atoms with Crippen molar-refractivity contribution in [2.45, 2.75) is 25.7 Å². The Morgan fingerprint density at radius 3 is 2.47 bits per heavy atom. The van der Waals surface area contributed by atoms with Crippen LogP contribution in [0.5, 0.6) is 0 Å². The maximum Gasteiger partial charge on any atom is 0.240 e. The van der Waals surface area contributed by atoms with Gasteiger partial charge in [-0.1, -0.05) is 12.8 Å². The number of nitrogens with one attached hydrogen (secondary N) is 2. The third-order valence-corrected chi connectivity index (χ3v) is 4.44. The van der Waals surface area contributed by atoms with Gasteiger partial charge in [-0.3, -0.25) is 4.79 Å². The van der Waals surface area contributed by atoms with Crippen LogP contribution >= 0.6 is 0 Å². The Balaban J connectivity index is 2.48. The molecule has 17 heavy (non-hydrogen) atoms. The van der Waals surface area contributed by atoms with Crippen LogP contribution in [0.15, 0.2) is 0 Å². The molecular formula is C10H17N3O3S. The third kappa shape index (κ3) is 3.41.